The molecule has 0 aromatic rings. The summed E-state index contributed by atoms with van der Waals surface area (Å²) in [6.45, 7) is -1.35. The second-order valence-electron chi connectivity index (χ2n) is 8.00. The summed E-state index contributed by atoms with van der Waals surface area (Å²) in [6.07, 6.45) is -17.9. The van der Waals surface area contributed by atoms with Gasteiger partial charge in [-0.1, -0.05) is 0 Å². The Balaban J connectivity index is 0.000000426. The number of carbonyl (C=O) groups is 3. The van der Waals surface area contributed by atoms with E-state index in [1.165, 1.54) is 0 Å². The lowest BCUT2D eigenvalue weighted by atomic mass is 9.96. The van der Waals surface area contributed by atoms with Gasteiger partial charge in [0.05, 0.1) is 26.1 Å². The van der Waals surface area contributed by atoms with Crippen molar-refractivity contribution >= 4 is 17.9 Å². The van der Waals surface area contributed by atoms with Crippen molar-refractivity contribution in [2.45, 2.75) is 79.9 Å². The molecule has 0 amide bonds. The lowest BCUT2D eigenvalue weighted by molar-refractivity contribution is -0.355. The van der Waals surface area contributed by atoms with Crippen LogP contribution in [0.3, 0.4) is 0 Å². The molecule has 18 heteroatoms. The Hall–Kier alpha value is -2.07. The minimum absolute atomic E-state index is 0.667. The predicted octanol–water partition coefficient (Wildman–Crippen LogP) is -6.65. The minimum atomic E-state index is -2.74. The van der Waals surface area contributed by atoms with E-state index < -0.39 is 111 Å². The summed E-state index contributed by atoms with van der Waals surface area (Å²) < 4.78 is 15.3. The van der Waals surface area contributed by atoms with Crippen LogP contribution in [0.1, 0.15) is 12.8 Å². The van der Waals surface area contributed by atoms with Gasteiger partial charge in [-0.3, -0.25) is 9.59 Å². The largest absolute Gasteiger partial charge is 0.481 e. The van der Waals surface area contributed by atoms with Crippen molar-refractivity contribution in [2.75, 3.05) is 13.2 Å². The van der Waals surface area contributed by atoms with Crippen molar-refractivity contribution in [2.24, 2.45) is 0 Å². The van der Waals surface area contributed by atoms with Gasteiger partial charge in [0.25, 0.3) is 0 Å². The molecule has 12 N–H and O–H groups in total. The molecule has 0 aliphatic carbocycles. The van der Waals surface area contributed by atoms with Crippen LogP contribution in [0.4, 0.5) is 0 Å². The third-order valence-electron chi connectivity index (χ3n) is 5.26. The Morgan fingerprint density at radius 3 is 1.61 bits per heavy atom. The van der Waals surface area contributed by atoms with Gasteiger partial charge in [-0.2, -0.15) is 0 Å². The normalized spacial score (nSPS) is 36.9. The van der Waals surface area contributed by atoms with Crippen LogP contribution in [0.5, 0.6) is 0 Å². The van der Waals surface area contributed by atoms with E-state index in [4.69, 9.17) is 39.7 Å². The van der Waals surface area contributed by atoms with E-state index in [0.717, 1.165) is 0 Å². The van der Waals surface area contributed by atoms with Crippen LogP contribution in [-0.2, 0) is 28.6 Å². The van der Waals surface area contributed by atoms with E-state index in [2.05, 4.69) is 0 Å². The molecule has 0 bridgehead atoms. The van der Waals surface area contributed by atoms with Crippen LogP contribution >= 0.6 is 0 Å². The average molecular weight is 534 g/mol. The van der Waals surface area contributed by atoms with Crippen LogP contribution in [0, 0.1) is 0 Å². The van der Waals surface area contributed by atoms with Gasteiger partial charge < -0.3 is 75.5 Å². The van der Waals surface area contributed by atoms with Crippen LogP contribution in [-0.4, -0.2) is 159 Å². The summed E-state index contributed by atoms with van der Waals surface area (Å²) in [6, 6.07) is 0. The highest BCUT2D eigenvalue weighted by Crippen LogP contribution is 2.28. The summed E-state index contributed by atoms with van der Waals surface area (Å²) in [7, 11) is 0. The van der Waals surface area contributed by atoms with E-state index in [9.17, 15) is 50.1 Å². The Labute approximate surface area is 201 Å². The standard InChI is InChI=1S/C12H22O11.C6H8O7/c13-1-3-5(15)6(16)9(19)12(22-3)23-10-4(2-14)21-11(20)8(18)7(10)17;7-3(8)1-6(13,5(11)12)2-4(9)10/h3-20H,1-2H2;13H,1-2H2,(H,7,8)(H,9,10)(H,11,12)/t3-,4-,5+,6+,7-,8-,9-,10-,11?,12+;/m1./s1. The highest BCUT2D eigenvalue weighted by Gasteiger charge is 2.50. The fourth-order valence-electron chi connectivity index (χ4n) is 3.28. The number of carboxylic acid groups (broad SMARTS) is 3. The Morgan fingerprint density at radius 1 is 0.694 bits per heavy atom. The second kappa shape index (κ2) is 13.5. The SMILES string of the molecule is O=C(O)CC(O)(CC(=O)O)C(=O)O.OC[C@H]1O[C@@H](O[C@H]2[C@H](O)[C@@H](O)C(O)O[C@@H]2CO)[C@H](O)[C@@H](O)[C@H]1O. The Kier molecular flexibility index (Phi) is 12.0. The van der Waals surface area contributed by atoms with E-state index in [0.29, 0.717) is 0 Å². The maximum atomic E-state index is 10.3. The number of carboxylic acids is 3. The van der Waals surface area contributed by atoms with Crippen molar-refractivity contribution in [3.8, 4) is 0 Å². The lowest BCUT2D eigenvalue weighted by Crippen LogP contribution is -2.64. The number of aliphatic hydroxyl groups excluding tert-OH is 8. The van der Waals surface area contributed by atoms with E-state index >= 15 is 0 Å². The Morgan fingerprint density at radius 2 is 1.19 bits per heavy atom. The molecule has 2 aliphatic heterocycles. The van der Waals surface area contributed by atoms with E-state index in [1.54, 1.807) is 0 Å². The molecule has 0 aromatic carbocycles. The number of aliphatic hydroxyl groups is 9. The van der Waals surface area contributed by atoms with Crippen LogP contribution in [0.25, 0.3) is 0 Å². The first-order valence-corrected chi connectivity index (χ1v) is 10.3. The van der Waals surface area contributed by atoms with Gasteiger partial charge in [-0.15, -0.1) is 0 Å². The van der Waals surface area contributed by atoms with Gasteiger partial charge in [0.1, 0.15) is 48.8 Å². The minimum Gasteiger partial charge on any atom is -0.481 e. The third kappa shape index (κ3) is 7.96. The summed E-state index contributed by atoms with van der Waals surface area (Å²) >= 11 is 0. The molecule has 210 valence electrons. The molecule has 36 heavy (non-hydrogen) atoms. The first-order valence-electron chi connectivity index (χ1n) is 10.3. The average Bonchev–Trinajstić information content (AvgIpc) is 2.78. The van der Waals surface area contributed by atoms with Gasteiger partial charge in [-0.25, -0.2) is 4.79 Å². The zero-order valence-corrected chi connectivity index (χ0v) is 18.4. The molecule has 1 unspecified atom stereocenters. The molecule has 0 aromatic heterocycles. The lowest BCUT2D eigenvalue weighted by Gasteiger charge is -2.45. The zero-order chi connectivity index (χ0) is 28.0. The fourth-order valence-corrected chi connectivity index (χ4v) is 3.28. The van der Waals surface area contributed by atoms with E-state index in [-0.39, 0.29) is 0 Å². The first-order chi connectivity index (χ1) is 16.6. The maximum Gasteiger partial charge on any atom is 0.336 e. The summed E-state index contributed by atoms with van der Waals surface area (Å²) in [4.78, 5) is 30.5. The molecule has 2 rings (SSSR count). The van der Waals surface area contributed by atoms with E-state index in [1.807, 2.05) is 0 Å². The summed E-state index contributed by atoms with van der Waals surface area (Å²) in [5, 5.41) is 110. The second-order valence-corrected chi connectivity index (χ2v) is 8.00. The molecule has 10 atom stereocenters. The molecule has 18 nitrogen and oxygen atoms in total. The van der Waals surface area contributed by atoms with Crippen molar-refractivity contribution in [3.63, 3.8) is 0 Å². The third-order valence-corrected chi connectivity index (χ3v) is 5.26. The number of rotatable bonds is 9. The van der Waals surface area contributed by atoms with Crippen LogP contribution in [0.15, 0.2) is 0 Å². The predicted molar refractivity (Wildman–Crippen MR) is 106 cm³/mol. The quantitative estimate of drug-likeness (QED) is 0.131. The molecule has 2 fully saturated rings. The maximum absolute atomic E-state index is 10.3. The van der Waals surface area contributed by atoms with Crippen LogP contribution in [0.2, 0.25) is 0 Å². The summed E-state index contributed by atoms with van der Waals surface area (Å²) in [5.41, 5.74) is -2.74. The van der Waals surface area contributed by atoms with Gasteiger partial charge in [0, 0.05) is 0 Å². The molecular formula is C18H30O18. The smallest absolute Gasteiger partial charge is 0.336 e. The highest BCUT2D eigenvalue weighted by molar-refractivity contribution is 5.88. The molecule has 0 radical (unpaired) electrons. The summed E-state index contributed by atoms with van der Waals surface area (Å²) in [5.74, 6) is -5.02. The van der Waals surface area contributed by atoms with Gasteiger partial charge in [0.2, 0.25) is 0 Å². The van der Waals surface area contributed by atoms with Gasteiger partial charge in [0.15, 0.2) is 18.2 Å². The molecule has 2 saturated heterocycles. The number of hydrogen-bond donors (Lipinski definition) is 12. The van der Waals surface area contributed by atoms with Crippen molar-refractivity contribution in [3.05, 3.63) is 0 Å². The Bertz CT molecular complexity index is 726. The highest BCUT2D eigenvalue weighted by atomic mass is 16.7. The first kappa shape index (κ1) is 32.0. The molecule has 2 aliphatic rings. The van der Waals surface area contributed by atoms with Gasteiger partial charge >= 0.3 is 17.9 Å². The van der Waals surface area contributed by atoms with Crippen molar-refractivity contribution in [1.29, 1.82) is 0 Å². The monoisotopic (exact) mass is 534 g/mol. The van der Waals surface area contributed by atoms with Gasteiger partial charge in [-0.05, 0) is 0 Å². The fraction of sp³-hybridized carbons (Fsp3) is 0.833. The number of aliphatic carboxylic acids is 3. The molecule has 0 spiro atoms. The molecule has 0 saturated carbocycles. The molecular weight excluding hydrogens is 504 g/mol. The van der Waals surface area contributed by atoms with Crippen molar-refractivity contribution in [1.82, 2.24) is 0 Å². The molecule has 2 heterocycles. The van der Waals surface area contributed by atoms with Crippen LogP contribution < -0.4 is 0 Å². The zero-order valence-electron chi connectivity index (χ0n) is 18.4. The topological polar surface area (TPSA) is 322 Å². The number of ether oxygens (including phenoxy) is 3. The number of hydrogen-bond acceptors (Lipinski definition) is 15. The van der Waals surface area contributed by atoms with Crippen molar-refractivity contribution < 1.29 is 89.9 Å².